The molecule has 0 saturated heterocycles. The Bertz CT molecular complexity index is 654. The third-order valence-electron chi connectivity index (χ3n) is 2.53. The maximum absolute atomic E-state index is 11.8. The van der Waals surface area contributed by atoms with Crippen LogP contribution in [-0.4, -0.2) is 26.3 Å². The number of ketones is 1. The van der Waals surface area contributed by atoms with Crippen LogP contribution in [0.1, 0.15) is 12.1 Å². The van der Waals surface area contributed by atoms with E-state index < -0.39 is 5.38 Å². The maximum Gasteiger partial charge on any atom is 0.274 e. The van der Waals surface area contributed by atoms with Gasteiger partial charge in [0.2, 0.25) is 5.95 Å². The maximum atomic E-state index is 11.8. The number of hydrogen-bond donors (Lipinski definition) is 3. The van der Waals surface area contributed by atoms with Crippen LogP contribution in [0.25, 0.3) is 0 Å². The quantitative estimate of drug-likeness (QED) is 0.424. The predicted octanol–water partition coefficient (Wildman–Crippen LogP) is 1.13. The number of allylic oxidation sites excluding steroid dienone is 3. The summed E-state index contributed by atoms with van der Waals surface area (Å²) in [6.07, 6.45) is 3.60. The van der Waals surface area contributed by atoms with Crippen LogP contribution >= 0.6 is 27.5 Å². The normalized spacial score (nSPS) is 20.8. The Morgan fingerprint density at radius 3 is 2.95 bits per heavy atom. The molecule has 1 unspecified atom stereocenters. The van der Waals surface area contributed by atoms with Gasteiger partial charge in [0.1, 0.15) is 11.1 Å². The van der Waals surface area contributed by atoms with Crippen LogP contribution in [0, 0.1) is 6.92 Å². The smallest absolute Gasteiger partial charge is 0.274 e. The van der Waals surface area contributed by atoms with Gasteiger partial charge < -0.3 is 5.43 Å². The van der Waals surface area contributed by atoms with Gasteiger partial charge in [0, 0.05) is 18.2 Å². The Morgan fingerprint density at radius 1 is 1.50 bits per heavy atom. The van der Waals surface area contributed by atoms with E-state index in [1.165, 1.54) is 6.20 Å². The van der Waals surface area contributed by atoms with Crippen molar-refractivity contribution in [1.82, 2.24) is 20.6 Å². The largest absolute Gasteiger partial charge is 0.305 e. The van der Waals surface area contributed by atoms with Crippen molar-refractivity contribution in [1.29, 1.82) is 0 Å². The highest BCUT2D eigenvalue weighted by Gasteiger charge is 2.24. The van der Waals surface area contributed by atoms with E-state index in [2.05, 4.69) is 42.0 Å². The minimum absolute atomic E-state index is 0.145. The standard InChI is InChI=1S/C11H11BrClN5O2/c1-5-10(20)15-11(18-16-5)17-14-4-6-2-7(12)3-8(13)9(6)19/h2,4,8,14H,3H2,1H3,(H2,15,17,18,20). The van der Waals surface area contributed by atoms with E-state index in [9.17, 15) is 9.59 Å². The second-order valence-corrected chi connectivity index (χ2v) is 5.63. The molecule has 0 amide bonds. The van der Waals surface area contributed by atoms with Crippen molar-refractivity contribution in [2.24, 2.45) is 0 Å². The molecule has 9 heteroatoms. The minimum atomic E-state index is -0.582. The van der Waals surface area contributed by atoms with Gasteiger partial charge in [0.15, 0.2) is 5.78 Å². The van der Waals surface area contributed by atoms with E-state index in [1.807, 2.05) is 0 Å². The van der Waals surface area contributed by atoms with Crippen LogP contribution < -0.4 is 16.4 Å². The molecule has 1 aliphatic rings. The molecule has 0 spiro atoms. The van der Waals surface area contributed by atoms with Crippen molar-refractivity contribution in [3.63, 3.8) is 0 Å². The minimum Gasteiger partial charge on any atom is -0.305 e. The Kier molecular flexibility index (Phi) is 4.56. The number of halogens is 2. The van der Waals surface area contributed by atoms with Crippen molar-refractivity contribution < 1.29 is 4.79 Å². The van der Waals surface area contributed by atoms with E-state index in [1.54, 1.807) is 13.0 Å². The highest BCUT2D eigenvalue weighted by molar-refractivity contribution is 9.11. The molecule has 20 heavy (non-hydrogen) atoms. The van der Waals surface area contributed by atoms with Gasteiger partial charge >= 0.3 is 0 Å². The molecular weight excluding hydrogens is 350 g/mol. The van der Waals surface area contributed by atoms with Gasteiger partial charge in [-0.3, -0.25) is 20.0 Å². The molecule has 0 aromatic carbocycles. The predicted molar refractivity (Wildman–Crippen MR) is 78.5 cm³/mol. The summed E-state index contributed by atoms with van der Waals surface area (Å²) in [6, 6.07) is 0. The number of H-pyrrole nitrogens is 1. The van der Waals surface area contributed by atoms with Gasteiger partial charge in [-0.05, 0) is 17.5 Å². The highest BCUT2D eigenvalue weighted by Crippen LogP contribution is 2.26. The molecule has 1 heterocycles. The molecule has 3 N–H and O–H groups in total. The second kappa shape index (κ2) is 6.19. The number of aromatic nitrogens is 3. The number of anilines is 1. The number of alkyl halides is 1. The first kappa shape index (κ1) is 14.7. The van der Waals surface area contributed by atoms with E-state index >= 15 is 0 Å². The zero-order chi connectivity index (χ0) is 14.7. The number of nitrogens with zero attached hydrogens (tertiary/aromatic N) is 2. The van der Waals surface area contributed by atoms with Crippen LogP contribution in [0.2, 0.25) is 0 Å². The molecule has 106 valence electrons. The van der Waals surface area contributed by atoms with E-state index in [0.717, 1.165) is 4.48 Å². The molecule has 1 atom stereocenters. The Labute approximate surface area is 127 Å². The van der Waals surface area contributed by atoms with Crippen LogP contribution in [0.3, 0.4) is 0 Å². The summed E-state index contributed by atoms with van der Waals surface area (Å²) in [7, 11) is 0. The van der Waals surface area contributed by atoms with Crippen molar-refractivity contribution in [2.75, 3.05) is 5.43 Å². The summed E-state index contributed by atoms with van der Waals surface area (Å²) in [4.78, 5) is 25.6. The van der Waals surface area contributed by atoms with Crippen molar-refractivity contribution in [3.8, 4) is 0 Å². The summed E-state index contributed by atoms with van der Waals surface area (Å²) < 4.78 is 0.841. The zero-order valence-electron chi connectivity index (χ0n) is 10.4. The monoisotopic (exact) mass is 359 g/mol. The van der Waals surface area contributed by atoms with Crippen LogP contribution in [0.4, 0.5) is 5.95 Å². The summed E-state index contributed by atoms with van der Waals surface area (Å²) in [6.45, 7) is 1.55. The molecule has 1 aromatic heterocycles. The van der Waals surface area contributed by atoms with Crippen molar-refractivity contribution in [3.05, 3.63) is 38.4 Å². The lowest BCUT2D eigenvalue weighted by atomic mass is 10.0. The van der Waals surface area contributed by atoms with Gasteiger partial charge in [-0.25, -0.2) is 0 Å². The average Bonchev–Trinajstić information content (AvgIpc) is 2.39. The fraction of sp³-hybridized carbons (Fsp3) is 0.273. The number of hydrogen-bond acceptors (Lipinski definition) is 6. The third kappa shape index (κ3) is 3.45. The second-order valence-electron chi connectivity index (χ2n) is 4.08. The number of aryl methyl sites for hydroxylation is 1. The fourth-order valence-corrected chi connectivity index (χ4v) is 2.54. The summed E-state index contributed by atoms with van der Waals surface area (Å²) in [5.74, 6) is -0.0289. The van der Waals surface area contributed by atoms with Crippen LogP contribution in [0.15, 0.2) is 27.1 Å². The van der Waals surface area contributed by atoms with Gasteiger partial charge in [0.25, 0.3) is 5.56 Å². The average molecular weight is 361 g/mol. The zero-order valence-corrected chi connectivity index (χ0v) is 12.7. The highest BCUT2D eigenvalue weighted by atomic mass is 79.9. The Hall–Kier alpha value is -1.67. The summed E-state index contributed by atoms with van der Waals surface area (Å²) in [5.41, 5.74) is 5.62. The Morgan fingerprint density at radius 2 is 2.25 bits per heavy atom. The van der Waals surface area contributed by atoms with Gasteiger partial charge in [0.05, 0.1) is 0 Å². The molecular formula is C11H11BrClN5O2. The molecule has 0 bridgehead atoms. The number of carbonyl (C=O) groups is 1. The lowest BCUT2D eigenvalue weighted by Gasteiger charge is -2.15. The van der Waals surface area contributed by atoms with E-state index in [0.29, 0.717) is 12.0 Å². The van der Waals surface area contributed by atoms with Gasteiger partial charge in [-0.1, -0.05) is 15.9 Å². The van der Waals surface area contributed by atoms with Crippen molar-refractivity contribution >= 4 is 39.3 Å². The number of nitrogens with one attached hydrogen (secondary N) is 3. The topological polar surface area (TPSA) is 99.8 Å². The molecule has 0 aliphatic heterocycles. The SMILES string of the molecule is Cc1nnc(NNC=C2C=C(Br)CC(Cl)C2=O)[nH]c1=O. The van der Waals surface area contributed by atoms with E-state index in [4.69, 9.17) is 11.6 Å². The van der Waals surface area contributed by atoms with Crippen LogP contribution in [-0.2, 0) is 4.79 Å². The molecule has 0 fully saturated rings. The fourth-order valence-electron chi connectivity index (χ4n) is 1.49. The Balaban J connectivity index is 2.06. The molecule has 0 saturated carbocycles. The lowest BCUT2D eigenvalue weighted by Crippen LogP contribution is -2.25. The molecule has 1 aliphatic carbocycles. The van der Waals surface area contributed by atoms with E-state index in [-0.39, 0.29) is 23.0 Å². The molecule has 2 rings (SSSR count). The number of Topliss-reactive ketones (excluding diaryl/α,β-unsaturated/α-hetero) is 1. The number of carbonyl (C=O) groups excluding carboxylic acids is 1. The summed E-state index contributed by atoms with van der Waals surface area (Å²) >= 11 is 9.23. The number of rotatable bonds is 3. The molecule has 1 aromatic rings. The van der Waals surface area contributed by atoms with Gasteiger partial charge in [-0.2, -0.15) is 0 Å². The van der Waals surface area contributed by atoms with Gasteiger partial charge in [-0.15, -0.1) is 21.8 Å². The first-order valence-electron chi connectivity index (χ1n) is 5.67. The molecule has 7 nitrogen and oxygen atoms in total. The summed E-state index contributed by atoms with van der Waals surface area (Å²) in [5, 5.41) is 6.80. The van der Waals surface area contributed by atoms with Crippen molar-refractivity contribution in [2.45, 2.75) is 18.7 Å². The van der Waals surface area contributed by atoms with Crippen LogP contribution in [0.5, 0.6) is 0 Å². The number of aromatic amines is 1. The lowest BCUT2D eigenvalue weighted by molar-refractivity contribution is -0.115. The molecule has 0 radical (unpaired) electrons. The third-order valence-corrected chi connectivity index (χ3v) is 3.44. The first-order valence-corrected chi connectivity index (χ1v) is 6.90. The first-order chi connectivity index (χ1) is 9.47. The number of hydrazine groups is 1.